The molecule has 116 valence electrons. The quantitative estimate of drug-likeness (QED) is 0.724. The van der Waals surface area contributed by atoms with Gasteiger partial charge in [-0.1, -0.05) is 26.0 Å². The molecule has 0 fully saturated rings. The van der Waals surface area contributed by atoms with Gasteiger partial charge in [-0.15, -0.1) is 0 Å². The molecular formula is C17H24O4. The van der Waals surface area contributed by atoms with Crippen LogP contribution >= 0.6 is 0 Å². The summed E-state index contributed by atoms with van der Waals surface area (Å²) in [5, 5.41) is 0. The van der Waals surface area contributed by atoms with Crippen LogP contribution in [0.2, 0.25) is 0 Å². The lowest BCUT2D eigenvalue weighted by molar-refractivity contribution is -0.142. The third-order valence-electron chi connectivity index (χ3n) is 2.95. The standard InChI is InChI=1S/C17H24O4/c1-5-20-16(18)11-14-8-7-13(9-12(3)4)10-15(14)17(19)21-6-2/h7-8,10,12H,5-6,9,11H2,1-4H3. The van der Waals surface area contributed by atoms with Crippen LogP contribution in [0.15, 0.2) is 18.2 Å². The number of ether oxygens (including phenoxy) is 2. The summed E-state index contributed by atoms with van der Waals surface area (Å²) in [6, 6.07) is 5.60. The molecule has 0 aliphatic carbocycles. The molecule has 0 saturated carbocycles. The fourth-order valence-electron chi connectivity index (χ4n) is 2.14. The maximum Gasteiger partial charge on any atom is 0.338 e. The Bertz CT molecular complexity index is 492. The van der Waals surface area contributed by atoms with Gasteiger partial charge in [-0.05, 0) is 43.4 Å². The minimum absolute atomic E-state index is 0.0872. The topological polar surface area (TPSA) is 52.6 Å². The Kier molecular flexibility index (Phi) is 6.92. The molecule has 0 aromatic heterocycles. The molecular weight excluding hydrogens is 268 g/mol. The Morgan fingerprint density at radius 1 is 1.10 bits per heavy atom. The van der Waals surface area contributed by atoms with Crippen molar-refractivity contribution in [1.29, 1.82) is 0 Å². The first-order valence-corrected chi connectivity index (χ1v) is 7.42. The number of carbonyl (C=O) groups excluding carboxylic acids is 2. The SMILES string of the molecule is CCOC(=O)Cc1ccc(CC(C)C)cc1C(=O)OCC. The zero-order chi connectivity index (χ0) is 15.8. The molecule has 0 N–H and O–H groups in total. The van der Waals surface area contributed by atoms with Crippen LogP contribution in [-0.4, -0.2) is 25.2 Å². The summed E-state index contributed by atoms with van der Waals surface area (Å²) in [6.45, 7) is 8.41. The van der Waals surface area contributed by atoms with E-state index in [1.807, 2.05) is 18.2 Å². The summed E-state index contributed by atoms with van der Waals surface area (Å²) < 4.78 is 10.0. The van der Waals surface area contributed by atoms with Gasteiger partial charge in [0.25, 0.3) is 0 Å². The van der Waals surface area contributed by atoms with Gasteiger partial charge in [0.1, 0.15) is 0 Å². The minimum Gasteiger partial charge on any atom is -0.466 e. The summed E-state index contributed by atoms with van der Waals surface area (Å²) in [6.07, 6.45) is 0.968. The van der Waals surface area contributed by atoms with E-state index in [-0.39, 0.29) is 18.4 Å². The van der Waals surface area contributed by atoms with Crippen LogP contribution in [-0.2, 0) is 27.1 Å². The molecule has 0 aliphatic rings. The molecule has 4 nitrogen and oxygen atoms in total. The van der Waals surface area contributed by atoms with Gasteiger partial charge < -0.3 is 9.47 Å². The number of hydrogen-bond donors (Lipinski definition) is 0. The van der Waals surface area contributed by atoms with Crippen LogP contribution in [0.5, 0.6) is 0 Å². The molecule has 0 spiro atoms. The van der Waals surface area contributed by atoms with Crippen molar-refractivity contribution >= 4 is 11.9 Å². The van der Waals surface area contributed by atoms with Crippen molar-refractivity contribution < 1.29 is 19.1 Å². The van der Waals surface area contributed by atoms with E-state index in [1.54, 1.807) is 13.8 Å². The average Bonchev–Trinajstić information content (AvgIpc) is 2.40. The molecule has 1 rings (SSSR count). The fourth-order valence-corrected chi connectivity index (χ4v) is 2.14. The maximum atomic E-state index is 12.1. The van der Waals surface area contributed by atoms with Crippen molar-refractivity contribution in [3.05, 3.63) is 34.9 Å². The Hall–Kier alpha value is -1.84. The third-order valence-corrected chi connectivity index (χ3v) is 2.95. The maximum absolute atomic E-state index is 12.1. The van der Waals surface area contributed by atoms with E-state index >= 15 is 0 Å². The van der Waals surface area contributed by atoms with Crippen LogP contribution < -0.4 is 0 Å². The van der Waals surface area contributed by atoms with Crippen LogP contribution in [0.1, 0.15) is 49.2 Å². The molecule has 0 saturated heterocycles. The predicted molar refractivity (Wildman–Crippen MR) is 81.3 cm³/mol. The Balaban J connectivity index is 3.04. The minimum atomic E-state index is -0.387. The van der Waals surface area contributed by atoms with Gasteiger partial charge in [-0.2, -0.15) is 0 Å². The van der Waals surface area contributed by atoms with Crippen molar-refractivity contribution in [2.45, 2.75) is 40.5 Å². The predicted octanol–water partition coefficient (Wildman–Crippen LogP) is 3.17. The first kappa shape index (κ1) is 17.2. The third kappa shape index (κ3) is 5.58. The molecule has 1 aromatic rings. The van der Waals surface area contributed by atoms with Crippen molar-refractivity contribution in [3.8, 4) is 0 Å². The molecule has 0 heterocycles. The smallest absolute Gasteiger partial charge is 0.338 e. The van der Waals surface area contributed by atoms with Crippen molar-refractivity contribution in [2.75, 3.05) is 13.2 Å². The monoisotopic (exact) mass is 292 g/mol. The van der Waals surface area contributed by atoms with Gasteiger partial charge in [0, 0.05) is 0 Å². The Labute approximate surface area is 126 Å². The van der Waals surface area contributed by atoms with E-state index in [0.717, 1.165) is 12.0 Å². The number of esters is 2. The van der Waals surface area contributed by atoms with Crippen LogP contribution in [0.4, 0.5) is 0 Å². The van der Waals surface area contributed by atoms with Crippen LogP contribution in [0.3, 0.4) is 0 Å². The molecule has 0 atom stereocenters. The fraction of sp³-hybridized carbons (Fsp3) is 0.529. The van der Waals surface area contributed by atoms with E-state index in [1.165, 1.54) is 0 Å². The Morgan fingerprint density at radius 3 is 2.33 bits per heavy atom. The zero-order valence-corrected chi connectivity index (χ0v) is 13.3. The van der Waals surface area contributed by atoms with E-state index in [2.05, 4.69) is 13.8 Å². The van der Waals surface area contributed by atoms with E-state index in [0.29, 0.717) is 30.3 Å². The highest BCUT2D eigenvalue weighted by Gasteiger charge is 2.16. The number of rotatable bonds is 7. The molecule has 0 aliphatic heterocycles. The highest BCUT2D eigenvalue weighted by atomic mass is 16.5. The molecule has 0 radical (unpaired) electrons. The van der Waals surface area contributed by atoms with Crippen molar-refractivity contribution in [1.82, 2.24) is 0 Å². The van der Waals surface area contributed by atoms with Crippen LogP contribution in [0.25, 0.3) is 0 Å². The zero-order valence-electron chi connectivity index (χ0n) is 13.3. The summed E-state index contributed by atoms with van der Waals surface area (Å²) in [5.41, 5.74) is 2.18. The lowest BCUT2D eigenvalue weighted by Crippen LogP contribution is -2.14. The lowest BCUT2D eigenvalue weighted by Gasteiger charge is -2.12. The second-order valence-electron chi connectivity index (χ2n) is 5.29. The molecule has 21 heavy (non-hydrogen) atoms. The van der Waals surface area contributed by atoms with E-state index in [4.69, 9.17) is 9.47 Å². The normalized spacial score (nSPS) is 10.5. The lowest BCUT2D eigenvalue weighted by atomic mass is 9.96. The first-order valence-electron chi connectivity index (χ1n) is 7.42. The molecule has 1 aromatic carbocycles. The van der Waals surface area contributed by atoms with Gasteiger partial charge in [0.2, 0.25) is 0 Å². The highest BCUT2D eigenvalue weighted by molar-refractivity contribution is 5.92. The van der Waals surface area contributed by atoms with Gasteiger partial charge in [0.15, 0.2) is 0 Å². The van der Waals surface area contributed by atoms with Crippen molar-refractivity contribution in [3.63, 3.8) is 0 Å². The largest absolute Gasteiger partial charge is 0.466 e. The summed E-state index contributed by atoms with van der Waals surface area (Å²) >= 11 is 0. The van der Waals surface area contributed by atoms with Gasteiger partial charge in [-0.3, -0.25) is 4.79 Å². The first-order chi connectivity index (χ1) is 9.97. The summed E-state index contributed by atoms with van der Waals surface area (Å²) in [7, 11) is 0. The summed E-state index contributed by atoms with van der Waals surface area (Å²) in [5.74, 6) is -0.224. The number of hydrogen-bond acceptors (Lipinski definition) is 4. The second-order valence-corrected chi connectivity index (χ2v) is 5.29. The average molecular weight is 292 g/mol. The Morgan fingerprint density at radius 2 is 1.76 bits per heavy atom. The number of benzene rings is 1. The van der Waals surface area contributed by atoms with Gasteiger partial charge >= 0.3 is 11.9 Å². The molecule has 0 unspecified atom stereocenters. The highest BCUT2D eigenvalue weighted by Crippen LogP contribution is 2.17. The molecule has 0 bridgehead atoms. The summed E-state index contributed by atoms with van der Waals surface area (Å²) in [4.78, 5) is 23.7. The molecule has 4 heteroatoms. The van der Waals surface area contributed by atoms with E-state index in [9.17, 15) is 9.59 Å². The van der Waals surface area contributed by atoms with Crippen molar-refractivity contribution in [2.24, 2.45) is 5.92 Å². The second kappa shape index (κ2) is 8.45. The number of carbonyl (C=O) groups is 2. The van der Waals surface area contributed by atoms with Gasteiger partial charge in [0.05, 0.1) is 25.2 Å². The molecule has 0 amide bonds. The van der Waals surface area contributed by atoms with Crippen LogP contribution in [0, 0.1) is 5.92 Å². The van der Waals surface area contributed by atoms with Gasteiger partial charge in [-0.25, -0.2) is 4.79 Å². The van der Waals surface area contributed by atoms with E-state index < -0.39 is 0 Å².